The van der Waals surface area contributed by atoms with Gasteiger partial charge < -0.3 is 14.8 Å². The van der Waals surface area contributed by atoms with Crippen molar-refractivity contribution in [3.05, 3.63) is 82.4 Å². The molecule has 2 aromatic heterocycles. The van der Waals surface area contributed by atoms with Gasteiger partial charge in [-0.25, -0.2) is 4.98 Å². The number of imidazole rings is 1. The van der Waals surface area contributed by atoms with Crippen molar-refractivity contribution in [2.45, 2.75) is 13.8 Å². The van der Waals surface area contributed by atoms with E-state index in [1.165, 1.54) is 0 Å². The third-order valence-corrected chi connectivity index (χ3v) is 5.27. The molecule has 1 N–H and O–H groups in total. The largest absolute Gasteiger partial charge is 0.482 e. The average Bonchev–Trinajstić information content (AvgIpc) is 3.13. The lowest BCUT2D eigenvalue weighted by molar-refractivity contribution is -0.118. The van der Waals surface area contributed by atoms with E-state index in [1.54, 1.807) is 60.9 Å². The summed E-state index contributed by atoms with van der Waals surface area (Å²) in [5.74, 6) is 1.60. The minimum atomic E-state index is -0.332. The highest BCUT2D eigenvalue weighted by molar-refractivity contribution is 6.35. The first kappa shape index (κ1) is 22.6. The van der Waals surface area contributed by atoms with Crippen LogP contribution in [0.4, 0.5) is 5.69 Å². The number of halogens is 2. The molecule has 0 saturated carbocycles. The van der Waals surface area contributed by atoms with Gasteiger partial charge in [0.05, 0.1) is 10.7 Å². The molecule has 0 saturated heterocycles. The highest BCUT2D eigenvalue weighted by atomic mass is 35.5. The number of nitrogens with zero attached hydrogens (tertiary/aromatic N) is 4. The van der Waals surface area contributed by atoms with Gasteiger partial charge in [-0.3, -0.25) is 9.36 Å². The fourth-order valence-corrected chi connectivity index (χ4v) is 3.35. The Morgan fingerprint density at radius 1 is 1.03 bits per heavy atom. The van der Waals surface area contributed by atoms with E-state index in [0.717, 1.165) is 11.4 Å². The van der Waals surface area contributed by atoms with Gasteiger partial charge in [-0.05, 0) is 62.4 Å². The van der Waals surface area contributed by atoms with Gasteiger partial charge >= 0.3 is 0 Å². The lowest BCUT2D eigenvalue weighted by Crippen LogP contribution is -2.20. The minimum absolute atomic E-state index is 0.197. The van der Waals surface area contributed by atoms with E-state index in [4.69, 9.17) is 32.7 Å². The van der Waals surface area contributed by atoms with Gasteiger partial charge in [0.1, 0.15) is 17.8 Å². The SMILES string of the molecule is Cc1ncn(-c2ccc(Oc3ccc(NC(=O)COc4ccc(Cl)cc4Cl)cc3)nn2)c1C. The lowest BCUT2D eigenvalue weighted by Gasteiger charge is -2.10. The van der Waals surface area contributed by atoms with Crippen molar-refractivity contribution in [3.8, 4) is 23.2 Å². The number of rotatable bonds is 7. The summed E-state index contributed by atoms with van der Waals surface area (Å²) in [6.45, 7) is 3.70. The molecule has 10 heteroatoms. The minimum Gasteiger partial charge on any atom is -0.482 e. The Hall–Kier alpha value is -3.62. The van der Waals surface area contributed by atoms with E-state index in [1.807, 2.05) is 18.4 Å². The monoisotopic (exact) mass is 483 g/mol. The molecule has 1 amide bonds. The van der Waals surface area contributed by atoms with Crippen LogP contribution in [-0.2, 0) is 4.79 Å². The molecule has 0 unspecified atom stereocenters. The summed E-state index contributed by atoms with van der Waals surface area (Å²) in [5.41, 5.74) is 2.52. The molecule has 8 nitrogen and oxygen atoms in total. The zero-order valence-corrected chi connectivity index (χ0v) is 19.3. The summed E-state index contributed by atoms with van der Waals surface area (Å²) in [6.07, 6.45) is 1.71. The van der Waals surface area contributed by atoms with Crippen LogP contribution in [0.3, 0.4) is 0 Å². The number of hydrogen-bond acceptors (Lipinski definition) is 6. The maximum absolute atomic E-state index is 12.2. The molecule has 2 heterocycles. The summed E-state index contributed by atoms with van der Waals surface area (Å²) in [7, 11) is 0. The number of benzene rings is 2. The fourth-order valence-electron chi connectivity index (χ4n) is 2.89. The summed E-state index contributed by atoms with van der Waals surface area (Å²) in [6, 6.07) is 15.2. The Balaban J connectivity index is 1.31. The van der Waals surface area contributed by atoms with E-state index >= 15 is 0 Å². The quantitative estimate of drug-likeness (QED) is 0.378. The van der Waals surface area contributed by atoms with Gasteiger partial charge in [-0.15, -0.1) is 10.2 Å². The van der Waals surface area contributed by atoms with Gasteiger partial charge in [0.25, 0.3) is 5.91 Å². The highest BCUT2D eigenvalue weighted by Crippen LogP contribution is 2.27. The van der Waals surface area contributed by atoms with E-state index in [2.05, 4.69) is 20.5 Å². The molecule has 0 aliphatic rings. The Morgan fingerprint density at radius 2 is 1.82 bits per heavy atom. The highest BCUT2D eigenvalue weighted by Gasteiger charge is 2.09. The van der Waals surface area contributed by atoms with Crippen LogP contribution in [0.15, 0.2) is 60.9 Å². The van der Waals surface area contributed by atoms with Crippen molar-refractivity contribution in [1.29, 1.82) is 0 Å². The first-order valence-electron chi connectivity index (χ1n) is 9.89. The van der Waals surface area contributed by atoms with Gasteiger partial charge in [0.2, 0.25) is 5.88 Å². The van der Waals surface area contributed by atoms with Gasteiger partial charge in [0, 0.05) is 22.5 Å². The van der Waals surface area contributed by atoms with Crippen molar-refractivity contribution >= 4 is 34.8 Å². The normalized spacial score (nSPS) is 10.7. The van der Waals surface area contributed by atoms with Crippen molar-refractivity contribution in [1.82, 2.24) is 19.7 Å². The predicted molar refractivity (Wildman–Crippen MR) is 126 cm³/mol. The molecule has 0 radical (unpaired) electrons. The number of amides is 1. The van der Waals surface area contributed by atoms with Crippen LogP contribution in [0.25, 0.3) is 5.82 Å². The molecule has 0 atom stereocenters. The van der Waals surface area contributed by atoms with Gasteiger partial charge in [0.15, 0.2) is 12.4 Å². The molecule has 168 valence electrons. The number of ether oxygens (including phenoxy) is 2. The molecule has 0 fully saturated rings. The van der Waals surface area contributed by atoms with Crippen LogP contribution >= 0.6 is 23.2 Å². The Morgan fingerprint density at radius 3 is 2.45 bits per heavy atom. The molecule has 33 heavy (non-hydrogen) atoms. The number of carbonyl (C=O) groups is 1. The van der Waals surface area contributed by atoms with Crippen LogP contribution in [-0.4, -0.2) is 32.3 Å². The number of hydrogen-bond donors (Lipinski definition) is 1. The standard InChI is InChI=1S/C23H19Cl2N5O3/c1-14-15(2)30(13-26-14)21-9-10-23(29-28-21)33-18-6-4-17(5-7-18)27-22(31)12-32-20-8-3-16(24)11-19(20)25/h3-11,13H,12H2,1-2H3,(H,27,31). The fraction of sp³-hybridized carbons (Fsp3) is 0.130. The molecular formula is C23H19Cl2N5O3. The number of aromatic nitrogens is 4. The summed E-state index contributed by atoms with van der Waals surface area (Å²) >= 11 is 11.9. The Bertz CT molecular complexity index is 1270. The van der Waals surface area contributed by atoms with Crippen molar-refractivity contribution in [2.24, 2.45) is 0 Å². The van der Waals surface area contributed by atoms with E-state index in [0.29, 0.717) is 38.9 Å². The predicted octanol–water partition coefficient (Wildman–Crippen LogP) is 5.40. The summed E-state index contributed by atoms with van der Waals surface area (Å²) in [5, 5.41) is 11.9. The molecule has 0 aliphatic carbocycles. The van der Waals surface area contributed by atoms with Crippen LogP contribution in [0.5, 0.6) is 17.4 Å². The summed E-state index contributed by atoms with van der Waals surface area (Å²) in [4.78, 5) is 16.4. The molecule has 4 aromatic rings. The first-order chi connectivity index (χ1) is 15.9. The molecular weight excluding hydrogens is 465 g/mol. The second-order valence-corrected chi connectivity index (χ2v) is 7.90. The van der Waals surface area contributed by atoms with Crippen molar-refractivity contribution < 1.29 is 14.3 Å². The second-order valence-electron chi connectivity index (χ2n) is 7.05. The zero-order chi connectivity index (χ0) is 23.4. The van der Waals surface area contributed by atoms with Crippen LogP contribution in [0.2, 0.25) is 10.0 Å². The Labute approximate surface area is 200 Å². The van der Waals surface area contributed by atoms with E-state index in [-0.39, 0.29) is 12.5 Å². The second kappa shape index (κ2) is 9.89. The van der Waals surface area contributed by atoms with E-state index in [9.17, 15) is 4.79 Å². The summed E-state index contributed by atoms with van der Waals surface area (Å²) < 4.78 is 13.0. The lowest BCUT2D eigenvalue weighted by atomic mass is 10.3. The molecule has 0 bridgehead atoms. The molecule has 0 spiro atoms. The molecule has 2 aromatic carbocycles. The van der Waals surface area contributed by atoms with Gasteiger partial charge in [-0.2, -0.15) is 0 Å². The average molecular weight is 484 g/mol. The number of carbonyl (C=O) groups excluding carboxylic acids is 1. The number of aryl methyl sites for hydroxylation is 1. The third kappa shape index (κ3) is 5.60. The van der Waals surface area contributed by atoms with Crippen LogP contribution < -0.4 is 14.8 Å². The number of nitrogens with one attached hydrogen (secondary N) is 1. The van der Waals surface area contributed by atoms with Crippen molar-refractivity contribution in [2.75, 3.05) is 11.9 Å². The van der Waals surface area contributed by atoms with Crippen molar-refractivity contribution in [3.63, 3.8) is 0 Å². The zero-order valence-electron chi connectivity index (χ0n) is 17.8. The smallest absolute Gasteiger partial charge is 0.262 e. The van der Waals surface area contributed by atoms with E-state index < -0.39 is 0 Å². The number of anilines is 1. The topological polar surface area (TPSA) is 91.2 Å². The maximum Gasteiger partial charge on any atom is 0.262 e. The molecule has 4 rings (SSSR count). The third-order valence-electron chi connectivity index (χ3n) is 4.74. The maximum atomic E-state index is 12.2. The Kier molecular flexibility index (Phi) is 6.76. The van der Waals surface area contributed by atoms with Gasteiger partial charge in [-0.1, -0.05) is 23.2 Å². The molecule has 0 aliphatic heterocycles. The van der Waals surface area contributed by atoms with Crippen LogP contribution in [0.1, 0.15) is 11.4 Å². The first-order valence-corrected chi connectivity index (χ1v) is 10.6. The van der Waals surface area contributed by atoms with Crippen LogP contribution in [0, 0.1) is 13.8 Å².